The Labute approximate surface area is 216 Å². The van der Waals surface area contributed by atoms with Crippen molar-refractivity contribution in [3.63, 3.8) is 0 Å². The van der Waals surface area contributed by atoms with Crippen molar-refractivity contribution in [2.24, 2.45) is 34.5 Å². The number of ketones is 2. The van der Waals surface area contributed by atoms with E-state index in [-0.39, 0.29) is 59.3 Å². The van der Waals surface area contributed by atoms with E-state index in [0.717, 1.165) is 12.0 Å². The fourth-order valence-electron chi connectivity index (χ4n) is 8.20. The average molecular weight is 510 g/mol. The van der Waals surface area contributed by atoms with Gasteiger partial charge in [0.05, 0.1) is 11.7 Å². The fourth-order valence-corrected chi connectivity index (χ4v) is 8.20. The summed E-state index contributed by atoms with van der Waals surface area (Å²) in [7, 11) is 0. The summed E-state index contributed by atoms with van der Waals surface area (Å²) < 4.78 is 5.33. The van der Waals surface area contributed by atoms with Crippen LogP contribution in [0.15, 0.2) is 42.0 Å². The van der Waals surface area contributed by atoms with Crippen molar-refractivity contribution in [2.75, 3.05) is 12.3 Å². The number of esters is 1. The molecule has 1 aromatic carbocycles. The molecule has 0 radical (unpaired) electrons. The molecule has 0 aliphatic heterocycles. The molecule has 8 heteroatoms. The third-order valence-corrected chi connectivity index (χ3v) is 9.96. The highest BCUT2D eigenvalue weighted by Gasteiger charge is 2.69. The highest BCUT2D eigenvalue weighted by atomic mass is 16.6. The van der Waals surface area contributed by atoms with E-state index in [0.29, 0.717) is 6.42 Å². The normalized spacial score (nSPS) is 40.3. The first kappa shape index (κ1) is 25.7. The zero-order valence-corrected chi connectivity index (χ0v) is 21.4. The SMILES string of the molecule is C[C@H]1C[C@@H]2[C@H]([C@@H](O)C[C@@]3(C)[C@H]2CC[C@]3(O)C(=O)OCC(=O)c2cc(N)ccc2O)[C@@]2(C)C=CC(=O)C=C12. The Bertz CT molecular complexity index is 1240. The van der Waals surface area contributed by atoms with Crippen molar-refractivity contribution >= 4 is 23.2 Å². The Morgan fingerprint density at radius 1 is 1.24 bits per heavy atom. The number of nitrogens with two attached hydrogens (primary N) is 1. The fraction of sp³-hybridized carbons (Fsp3) is 0.552. The summed E-state index contributed by atoms with van der Waals surface area (Å²) in [5, 5.41) is 33.3. The first-order valence-electron chi connectivity index (χ1n) is 13.0. The van der Waals surface area contributed by atoms with Crippen LogP contribution in [-0.2, 0) is 14.3 Å². The summed E-state index contributed by atoms with van der Waals surface area (Å²) in [4.78, 5) is 38.1. The molecule has 37 heavy (non-hydrogen) atoms. The van der Waals surface area contributed by atoms with E-state index in [1.807, 2.05) is 13.0 Å². The number of aliphatic hydroxyl groups excluding tert-OH is 1. The summed E-state index contributed by atoms with van der Waals surface area (Å²) in [5.74, 6) is -1.84. The molecule has 3 fully saturated rings. The molecule has 8 nitrogen and oxygen atoms in total. The van der Waals surface area contributed by atoms with Crippen LogP contribution in [-0.4, -0.2) is 51.2 Å². The minimum Gasteiger partial charge on any atom is -0.507 e. The smallest absolute Gasteiger partial charge is 0.339 e. The molecular formula is C29H35NO7. The van der Waals surface area contributed by atoms with Crippen molar-refractivity contribution in [3.8, 4) is 5.75 Å². The zero-order chi connectivity index (χ0) is 26.9. The molecule has 0 saturated heterocycles. The van der Waals surface area contributed by atoms with Crippen molar-refractivity contribution in [1.29, 1.82) is 0 Å². The number of nitrogen functional groups attached to an aromatic ring is 1. The topological polar surface area (TPSA) is 147 Å². The number of fused-ring (bicyclic) bond motifs is 5. The van der Waals surface area contributed by atoms with Gasteiger partial charge in [-0.1, -0.05) is 32.4 Å². The molecule has 8 atom stereocenters. The van der Waals surface area contributed by atoms with E-state index in [1.54, 1.807) is 12.2 Å². The van der Waals surface area contributed by atoms with Gasteiger partial charge in [-0.3, -0.25) is 9.59 Å². The summed E-state index contributed by atoms with van der Waals surface area (Å²) in [6.45, 7) is 5.37. The maximum atomic E-state index is 13.3. The molecule has 4 aliphatic rings. The molecule has 0 amide bonds. The van der Waals surface area contributed by atoms with E-state index < -0.39 is 40.9 Å². The maximum absolute atomic E-state index is 13.3. The second-order valence-electron chi connectivity index (χ2n) is 11.9. The van der Waals surface area contributed by atoms with Crippen molar-refractivity contribution in [3.05, 3.63) is 47.6 Å². The van der Waals surface area contributed by atoms with Crippen LogP contribution in [0, 0.1) is 34.5 Å². The van der Waals surface area contributed by atoms with E-state index in [1.165, 1.54) is 18.2 Å². The second-order valence-corrected chi connectivity index (χ2v) is 11.9. The number of phenolic OH excluding ortho intramolecular Hbond substituents is 1. The third kappa shape index (κ3) is 3.67. The number of aliphatic hydroxyl groups is 2. The van der Waals surface area contributed by atoms with Crippen molar-refractivity contribution in [2.45, 2.75) is 58.2 Å². The van der Waals surface area contributed by atoms with Crippen LogP contribution in [0.2, 0.25) is 0 Å². The van der Waals surface area contributed by atoms with Gasteiger partial charge in [-0.15, -0.1) is 0 Å². The van der Waals surface area contributed by atoms with E-state index in [4.69, 9.17) is 10.5 Å². The maximum Gasteiger partial charge on any atom is 0.339 e. The van der Waals surface area contributed by atoms with Gasteiger partial charge in [0, 0.05) is 22.4 Å². The Kier molecular flexibility index (Phi) is 5.92. The number of benzene rings is 1. The molecule has 0 unspecified atom stereocenters. The highest BCUT2D eigenvalue weighted by Crippen LogP contribution is 2.67. The lowest BCUT2D eigenvalue weighted by atomic mass is 9.45. The van der Waals surface area contributed by atoms with E-state index in [9.17, 15) is 29.7 Å². The lowest BCUT2D eigenvalue weighted by Crippen LogP contribution is -2.62. The van der Waals surface area contributed by atoms with Crippen LogP contribution in [0.4, 0.5) is 5.69 Å². The van der Waals surface area contributed by atoms with Gasteiger partial charge in [-0.05, 0) is 73.8 Å². The number of carbonyl (C=O) groups is 3. The molecule has 0 heterocycles. The highest BCUT2D eigenvalue weighted by molar-refractivity contribution is 6.02. The van der Waals surface area contributed by atoms with Gasteiger partial charge >= 0.3 is 5.97 Å². The number of allylic oxidation sites excluding steroid dienone is 4. The second kappa shape index (κ2) is 8.53. The molecule has 5 N–H and O–H groups in total. The number of ether oxygens (including phenoxy) is 1. The summed E-state index contributed by atoms with van der Waals surface area (Å²) >= 11 is 0. The predicted molar refractivity (Wildman–Crippen MR) is 135 cm³/mol. The van der Waals surface area contributed by atoms with Crippen LogP contribution in [0.5, 0.6) is 5.75 Å². The molecule has 1 aromatic rings. The van der Waals surface area contributed by atoms with Gasteiger partial charge in [0.25, 0.3) is 0 Å². The number of Topliss-reactive ketones (excluding diaryl/α,β-unsaturated/α-hetero) is 1. The van der Waals surface area contributed by atoms with Crippen LogP contribution in [0.3, 0.4) is 0 Å². The van der Waals surface area contributed by atoms with Crippen molar-refractivity contribution < 1.29 is 34.4 Å². The monoisotopic (exact) mass is 509 g/mol. The predicted octanol–water partition coefficient (Wildman–Crippen LogP) is 2.96. The first-order valence-corrected chi connectivity index (χ1v) is 13.0. The number of aromatic hydroxyl groups is 1. The van der Waals surface area contributed by atoms with Gasteiger partial charge in [-0.25, -0.2) is 4.79 Å². The van der Waals surface area contributed by atoms with Crippen molar-refractivity contribution in [1.82, 2.24) is 0 Å². The lowest BCUT2D eigenvalue weighted by molar-refractivity contribution is -0.197. The zero-order valence-electron chi connectivity index (χ0n) is 21.4. The Morgan fingerprint density at radius 3 is 2.70 bits per heavy atom. The van der Waals surface area contributed by atoms with Crippen LogP contribution in [0.1, 0.15) is 56.8 Å². The minimum absolute atomic E-state index is 0.0352. The number of hydrogen-bond acceptors (Lipinski definition) is 8. The molecule has 5 rings (SSSR count). The molecule has 0 aromatic heterocycles. The van der Waals surface area contributed by atoms with Gasteiger partial charge in [0.1, 0.15) is 5.75 Å². The molecule has 4 aliphatic carbocycles. The lowest BCUT2D eigenvalue weighted by Gasteiger charge is -2.60. The molecular weight excluding hydrogens is 474 g/mol. The third-order valence-electron chi connectivity index (χ3n) is 9.96. The molecule has 198 valence electrons. The van der Waals surface area contributed by atoms with E-state index in [2.05, 4.69) is 13.8 Å². The minimum atomic E-state index is -1.86. The Hall–Kier alpha value is -2.97. The summed E-state index contributed by atoms with van der Waals surface area (Å²) in [6.07, 6.45) is 6.13. The number of carbonyl (C=O) groups excluding carboxylic acids is 3. The van der Waals surface area contributed by atoms with E-state index >= 15 is 0 Å². The summed E-state index contributed by atoms with van der Waals surface area (Å²) in [5.41, 5.74) is 3.70. The number of anilines is 1. The standard InChI is InChI=1S/C29H35NO7/c1-15-10-18-20-7-9-29(36,26(35)37-14-24(34)19-11-16(30)4-5-22(19)32)28(20,3)13-23(33)25(18)27(2)8-6-17(31)12-21(15)27/h4-6,8,11-12,15,18,20,23,25,32-33,36H,7,9-10,13-14,30H2,1-3H3/t15-,18-,20-,23-,25+,27-,28-,29-/m0/s1. The van der Waals surface area contributed by atoms with Gasteiger partial charge in [0.2, 0.25) is 5.78 Å². The van der Waals surface area contributed by atoms with Gasteiger partial charge in [0.15, 0.2) is 18.0 Å². The van der Waals surface area contributed by atoms with Crippen LogP contribution < -0.4 is 5.73 Å². The largest absolute Gasteiger partial charge is 0.507 e. The number of hydrogen-bond donors (Lipinski definition) is 4. The first-order chi connectivity index (χ1) is 17.3. The Balaban J connectivity index is 1.39. The van der Waals surface area contributed by atoms with Crippen LogP contribution >= 0.6 is 0 Å². The average Bonchev–Trinajstić information content (AvgIpc) is 3.11. The van der Waals surface area contributed by atoms with Gasteiger partial charge < -0.3 is 25.8 Å². The number of phenols is 1. The quantitative estimate of drug-likeness (QED) is 0.210. The summed E-state index contributed by atoms with van der Waals surface area (Å²) in [6, 6.07) is 4.06. The molecule has 0 bridgehead atoms. The Morgan fingerprint density at radius 2 is 1.97 bits per heavy atom. The van der Waals surface area contributed by atoms with Gasteiger partial charge in [-0.2, -0.15) is 0 Å². The molecule has 0 spiro atoms. The van der Waals surface area contributed by atoms with Crippen LogP contribution in [0.25, 0.3) is 0 Å². The number of rotatable bonds is 4. The molecule has 3 saturated carbocycles.